The molecule has 0 aliphatic carbocycles. The van der Waals surface area contributed by atoms with Crippen LogP contribution in [0.15, 0.2) is 27.2 Å². The molecular weight excluding hydrogens is 344 g/mol. The molecule has 7 heteroatoms. The minimum absolute atomic E-state index is 0.154. The largest absolute Gasteiger partial charge is 0.496 e. The molecule has 1 atom stereocenters. The first kappa shape index (κ1) is 13.6. The van der Waals surface area contributed by atoms with E-state index in [4.69, 9.17) is 9.26 Å². The number of carbonyl (C=O) groups is 1. The van der Waals surface area contributed by atoms with Crippen LogP contribution >= 0.6 is 27.7 Å². The topological polar surface area (TPSA) is 65.2 Å². The number of halogens is 1. The van der Waals surface area contributed by atoms with Gasteiger partial charge < -0.3 is 9.26 Å². The van der Waals surface area contributed by atoms with Crippen LogP contribution in [0.3, 0.4) is 0 Å². The van der Waals surface area contributed by atoms with Gasteiger partial charge in [0.2, 0.25) is 11.7 Å². The monoisotopic (exact) mass is 354 g/mol. The van der Waals surface area contributed by atoms with Gasteiger partial charge in [0.25, 0.3) is 0 Å². The summed E-state index contributed by atoms with van der Waals surface area (Å²) in [5.41, 5.74) is 0.811. The van der Waals surface area contributed by atoms with Gasteiger partial charge in [0.15, 0.2) is 5.78 Å². The Balaban J connectivity index is 1.90. The molecule has 3 rings (SSSR count). The average molecular weight is 355 g/mol. The van der Waals surface area contributed by atoms with Crippen LogP contribution in [0.5, 0.6) is 5.75 Å². The van der Waals surface area contributed by atoms with Gasteiger partial charge in [-0.25, -0.2) is 0 Å². The van der Waals surface area contributed by atoms with Crippen LogP contribution in [0.2, 0.25) is 0 Å². The first-order chi connectivity index (χ1) is 9.69. The maximum absolute atomic E-state index is 11.7. The maximum Gasteiger partial charge on any atom is 0.238 e. The highest BCUT2D eigenvalue weighted by molar-refractivity contribution is 9.10. The van der Waals surface area contributed by atoms with Gasteiger partial charge >= 0.3 is 0 Å². The molecule has 5 nitrogen and oxygen atoms in total. The van der Waals surface area contributed by atoms with Crippen LogP contribution in [0, 0.1) is 0 Å². The number of benzene rings is 1. The molecular formula is C13H11BrN2O3S. The molecule has 1 aromatic heterocycles. The summed E-state index contributed by atoms with van der Waals surface area (Å²) in [6.07, 6.45) is 0. The Morgan fingerprint density at radius 3 is 3.00 bits per heavy atom. The Morgan fingerprint density at radius 1 is 1.50 bits per heavy atom. The zero-order chi connectivity index (χ0) is 14.1. The Bertz CT molecular complexity index is 659. The number of rotatable bonds is 3. The lowest BCUT2D eigenvalue weighted by Crippen LogP contribution is -2.09. The van der Waals surface area contributed by atoms with E-state index in [-0.39, 0.29) is 11.7 Å². The number of Topliss-reactive ketones (excluding diaryl/α,β-unsaturated/α-hetero) is 1. The highest BCUT2D eigenvalue weighted by Crippen LogP contribution is 2.32. The van der Waals surface area contributed by atoms with Gasteiger partial charge in [0.1, 0.15) is 11.7 Å². The Kier molecular flexibility index (Phi) is 3.80. The van der Waals surface area contributed by atoms with Crippen LogP contribution in [0.4, 0.5) is 0 Å². The first-order valence-electron chi connectivity index (χ1n) is 5.97. The summed E-state index contributed by atoms with van der Waals surface area (Å²) in [7, 11) is 1.61. The van der Waals surface area contributed by atoms with E-state index in [0.29, 0.717) is 23.2 Å². The Morgan fingerprint density at radius 2 is 2.35 bits per heavy atom. The summed E-state index contributed by atoms with van der Waals surface area (Å²) in [5, 5.41) is 3.95. The molecule has 2 heterocycles. The number of thioether (sulfide) groups is 1. The van der Waals surface area contributed by atoms with E-state index >= 15 is 0 Å². The normalized spacial score (nSPS) is 18.5. The molecule has 20 heavy (non-hydrogen) atoms. The Labute approximate surface area is 128 Å². The van der Waals surface area contributed by atoms with Crippen molar-refractivity contribution in [1.82, 2.24) is 10.1 Å². The van der Waals surface area contributed by atoms with E-state index in [2.05, 4.69) is 26.1 Å². The summed E-state index contributed by atoms with van der Waals surface area (Å²) >= 11 is 5.01. The van der Waals surface area contributed by atoms with E-state index in [1.165, 1.54) is 0 Å². The van der Waals surface area contributed by atoms with Crippen molar-refractivity contribution in [3.05, 3.63) is 28.6 Å². The van der Waals surface area contributed by atoms with Gasteiger partial charge in [-0.1, -0.05) is 5.16 Å². The molecule has 0 amide bonds. The fraction of sp³-hybridized carbons (Fsp3) is 0.308. The highest BCUT2D eigenvalue weighted by atomic mass is 79.9. The predicted octanol–water partition coefficient (Wildman–Crippen LogP) is 2.91. The van der Waals surface area contributed by atoms with Crippen molar-refractivity contribution in [3.8, 4) is 17.1 Å². The fourth-order valence-corrected chi connectivity index (χ4v) is 3.60. The standard InChI is InChI=1S/C13H11BrN2O3S/c1-18-11-3-2-7(4-9(11)14)12-15-13(19-16-12)8-5-20-6-10(8)17/h2-4,8H,5-6H2,1H3. The summed E-state index contributed by atoms with van der Waals surface area (Å²) in [6, 6.07) is 5.54. The molecule has 0 radical (unpaired) electrons. The smallest absolute Gasteiger partial charge is 0.238 e. The highest BCUT2D eigenvalue weighted by Gasteiger charge is 2.31. The number of aromatic nitrogens is 2. The number of ketones is 1. The molecule has 1 aliphatic rings. The number of ether oxygens (including phenoxy) is 1. The number of hydrogen-bond acceptors (Lipinski definition) is 6. The molecule has 0 spiro atoms. The van der Waals surface area contributed by atoms with E-state index < -0.39 is 0 Å². The van der Waals surface area contributed by atoms with Gasteiger partial charge in [-0.3, -0.25) is 4.79 Å². The third-order valence-electron chi connectivity index (χ3n) is 3.07. The first-order valence-corrected chi connectivity index (χ1v) is 7.92. The van der Waals surface area contributed by atoms with Crippen LogP contribution in [0.1, 0.15) is 11.8 Å². The molecule has 1 unspecified atom stereocenters. The van der Waals surface area contributed by atoms with Crippen LogP contribution in [-0.2, 0) is 4.79 Å². The number of hydrogen-bond donors (Lipinski definition) is 0. The predicted molar refractivity (Wildman–Crippen MR) is 79.1 cm³/mol. The van der Waals surface area contributed by atoms with Gasteiger partial charge in [-0.05, 0) is 34.1 Å². The zero-order valence-electron chi connectivity index (χ0n) is 10.6. The third kappa shape index (κ3) is 2.47. The van der Waals surface area contributed by atoms with Gasteiger partial charge in [-0.15, -0.1) is 0 Å². The summed E-state index contributed by atoms with van der Waals surface area (Å²) in [5.74, 6) is 2.75. The van der Waals surface area contributed by atoms with Gasteiger partial charge in [0, 0.05) is 11.3 Å². The second-order valence-electron chi connectivity index (χ2n) is 4.34. The lowest BCUT2D eigenvalue weighted by molar-refractivity contribution is -0.117. The second-order valence-corrected chi connectivity index (χ2v) is 6.22. The third-order valence-corrected chi connectivity index (χ3v) is 4.74. The molecule has 104 valence electrons. The van der Waals surface area contributed by atoms with Gasteiger partial charge in [-0.2, -0.15) is 16.7 Å². The van der Waals surface area contributed by atoms with Crippen LogP contribution in [-0.4, -0.2) is 34.5 Å². The van der Waals surface area contributed by atoms with Crippen molar-refractivity contribution < 1.29 is 14.1 Å². The zero-order valence-corrected chi connectivity index (χ0v) is 13.0. The van der Waals surface area contributed by atoms with Crippen LogP contribution in [0.25, 0.3) is 11.4 Å². The van der Waals surface area contributed by atoms with E-state index in [0.717, 1.165) is 15.8 Å². The van der Waals surface area contributed by atoms with Crippen LogP contribution < -0.4 is 4.74 Å². The molecule has 1 fully saturated rings. The molecule has 1 aromatic carbocycles. The molecule has 0 saturated carbocycles. The van der Waals surface area contributed by atoms with Crippen molar-refractivity contribution in [2.75, 3.05) is 18.6 Å². The minimum Gasteiger partial charge on any atom is -0.496 e. The van der Waals surface area contributed by atoms with E-state index in [1.54, 1.807) is 18.9 Å². The molecule has 2 aromatic rings. The summed E-state index contributed by atoms with van der Waals surface area (Å²) < 4.78 is 11.2. The number of nitrogens with zero attached hydrogens (tertiary/aromatic N) is 2. The quantitative estimate of drug-likeness (QED) is 0.844. The summed E-state index contributed by atoms with van der Waals surface area (Å²) in [6.45, 7) is 0. The van der Waals surface area contributed by atoms with Crippen molar-refractivity contribution in [3.63, 3.8) is 0 Å². The van der Waals surface area contributed by atoms with E-state index in [9.17, 15) is 4.79 Å². The number of methoxy groups -OCH3 is 1. The SMILES string of the molecule is COc1ccc(-c2noc(C3CSCC3=O)n2)cc1Br. The fourth-order valence-electron chi connectivity index (χ4n) is 1.98. The number of carbonyl (C=O) groups excluding carboxylic acids is 1. The Hall–Kier alpha value is -1.34. The minimum atomic E-state index is -0.261. The lowest BCUT2D eigenvalue weighted by Gasteiger charge is -2.03. The second kappa shape index (κ2) is 5.57. The molecule has 0 bridgehead atoms. The average Bonchev–Trinajstić information content (AvgIpc) is 3.07. The lowest BCUT2D eigenvalue weighted by atomic mass is 10.1. The maximum atomic E-state index is 11.7. The molecule has 1 aliphatic heterocycles. The molecule has 0 N–H and O–H groups in total. The van der Waals surface area contributed by atoms with Crippen molar-refractivity contribution in [1.29, 1.82) is 0 Å². The van der Waals surface area contributed by atoms with E-state index in [1.807, 2.05) is 18.2 Å². The van der Waals surface area contributed by atoms with Gasteiger partial charge in [0.05, 0.1) is 17.3 Å². The van der Waals surface area contributed by atoms with Crippen molar-refractivity contribution in [2.24, 2.45) is 0 Å². The molecule has 1 saturated heterocycles. The van der Waals surface area contributed by atoms with Crippen molar-refractivity contribution >= 4 is 33.5 Å². The summed E-state index contributed by atoms with van der Waals surface area (Å²) in [4.78, 5) is 16.0. The van der Waals surface area contributed by atoms with Crippen molar-refractivity contribution in [2.45, 2.75) is 5.92 Å².